The van der Waals surface area contributed by atoms with Gasteiger partial charge in [-0.05, 0) is 24.7 Å². The van der Waals surface area contributed by atoms with Gasteiger partial charge in [-0.3, -0.25) is 4.79 Å². The monoisotopic (exact) mass is 308 g/mol. The summed E-state index contributed by atoms with van der Waals surface area (Å²) >= 11 is 0. The van der Waals surface area contributed by atoms with Gasteiger partial charge >= 0.3 is 5.82 Å². The Labute approximate surface area is 130 Å². The number of hydrogen-bond donors (Lipinski definition) is 1. The number of hydrogen-bond acceptors (Lipinski definition) is 4. The van der Waals surface area contributed by atoms with E-state index in [9.17, 15) is 14.9 Å². The van der Waals surface area contributed by atoms with E-state index in [4.69, 9.17) is 0 Å². The van der Waals surface area contributed by atoms with Gasteiger partial charge in [0.25, 0.3) is 0 Å². The number of amides is 1. The van der Waals surface area contributed by atoms with E-state index in [1.165, 1.54) is 36.4 Å². The fraction of sp³-hybridized carbons (Fsp3) is 0.733. The van der Waals surface area contributed by atoms with Gasteiger partial charge in [-0.1, -0.05) is 32.6 Å². The molecule has 0 spiro atoms. The normalized spacial score (nSPS) is 17.7. The van der Waals surface area contributed by atoms with Gasteiger partial charge in [-0.2, -0.15) is 4.68 Å². The molecule has 2 rings (SSSR count). The molecule has 1 amide bonds. The Kier molecular flexibility index (Phi) is 5.51. The first-order valence-corrected chi connectivity index (χ1v) is 7.96. The average Bonchev–Trinajstić information content (AvgIpc) is 2.68. The van der Waals surface area contributed by atoms with Crippen LogP contribution in [0.25, 0.3) is 0 Å². The fourth-order valence-corrected chi connectivity index (χ4v) is 2.88. The number of rotatable bonds is 5. The molecule has 0 unspecified atom stereocenters. The van der Waals surface area contributed by atoms with Crippen molar-refractivity contribution in [1.82, 2.24) is 15.1 Å². The second-order valence-corrected chi connectivity index (χ2v) is 6.18. The maximum absolute atomic E-state index is 12.3. The molecule has 1 aromatic rings. The van der Waals surface area contributed by atoms with Crippen molar-refractivity contribution >= 4 is 11.7 Å². The van der Waals surface area contributed by atoms with Crippen LogP contribution in [-0.4, -0.2) is 26.7 Å². The van der Waals surface area contributed by atoms with Crippen LogP contribution >= 0.6 is 0 Å². The van der Waals surface area contributed by atoms with Gasteiger partial charge in [0.2, 0.25) is 5.91 Å². The summed E-state index contributed by atoms with van der Waals surface area (Å²) in [7, 11) is 0. The molecule has 1 fully saturated rings. The lowest BCUT2D eigenvalue weighted by atomic mass is 10.1. The van der Waals surface area contributed by atoms with E-state index in [2.05, 4.69) is 10.4 Å². The van der Waals surface area contributed by atoms with E-state index in [-0.39, 0.29) is 23.7 Å². The number of nitro groups is 1. The predicted molar refractivity (Wildman–Crippen MR) is 82.4 cm³/mol. The van der Waals surface area contributed by atoms with Crippen LogP contribution in [0.15, 0.2) is 6.07 Å². The Balaban J connectivity index is 1.91. The molecule has 1 heterocycles. The van der Waals surface area contributed by atoms with Crippen molar-refractivity contribution < 1.29 is 9.72 Å². The van der Waals surface area contributed by atoms with Crippen molar-refractivity contribution in [2.24, 2.45) is 5.92 Å². The summed E-state index contributed by atoms with van der Waals surface area (Å²) in [4.78, 5) is 22.5. The molecule has 1 saturated carbocycles. The highest BCUT2D eigenvalue weighted by Gasteiger charge is 2.22. The number of carbonyl (C=O) groups is 1. The molecule has 1 aliphatic carbocycles. The third kappa shape index (κ3) is 4.29. The van der Waals surface area contributed by atoms with E-state index in [1.54, 1.807) is 6.92 Å². The minimum Gasteiger partial charge on any atom is -0.358 e. The van der Waals surface area contributed by atoms with Crippen molar-refractivity contribution in [3.05, 3.63) is 21.9 Å². The Morgan fingerprint density at radius 2 is 2.09 bits per heavy atom. The molecule has 22 heavy (non-hydrogen) atoms. The quantitative estimate of drug-likeness (QED) is 0.514. The summed E-state index contributed by atoms with van der Waals surface area (Å²) in [5.41, 5.74) is 0.695. The van der Waals surface area contributed by atoms with E-state index >= 15 is 0 Å². The molecular weight excluding hydrogens is 284 g/mol. The Bertz CT molecular complexity index is 533. The number of nitrogens with zero attached hydrogens (tertiary/aromatic N) is 3. The highest BCUT2D eigenvalue weighted by molar-refractivity contribution is 5.78. The fourth-order valence-electron chi connectivity index (χ4n) is 2.88. The summed E-state index contributed by atoms with van der Waals surface area (Å²) in [5.74, 6) is -0.431. The van der Waals surface area contributed by atoms with Gasteiger partial charge in [0.1, 0.15) is 0 Å². The van der Waals surface area contributed by atoms with Crippen LogP contribution in [0.2, 0.25) is 0 Å². The molecule has 122 valence electrons. The number of nitrogens with one attached hydrogen (secondary N) is 1. The first-order valence-electron chi connectivity index (χ1n) is 7.96. The Morgan fingerprint density at radius 3 is 2.64 bits per heavy atom. The lowest BCUT2D eigenvalue weighted by molar-refractivity contribution is -0.389. The van der Waals surface area contributed by atoms with Crippen LogP contribution in [-0.2, 0) is 11.3 Å². The first kappa shape index (κ1) is 16.5. The van der Waals surface area contributed by atoms with Crippen molar-refractivity contribution in [3.63, 3.8) is 0 Å². The molecule has 0 radical (unpaired) electrons. The molecule has 1 N–H and O–H groups in total. The van der Waals surface area contributed by atoms with Gasteiger partial charge in [-0.15, -0.1) is 0 Å². The Hall–Kier alpha value is -1.92. The van der Waals surface area contributed by atoms with Gasteiger partial charge in [0.05, 0.1) is 29.3 Å². The number of aryl methyl sites for hydroxylation is 1. The number of carbonyl (C=O) groups excluding carboxylic acids is 1. The van der Waals surface area contributed by atoms with Gasteiger partial charge in [0, 0.05) is 6.04 Å². The minimum atomic E-state index is -0.514. The van der Waals surface area contributed by atoms with Crippen molar-refractivity contribution in [3.8, 4) is 0 Å². The second-order valence-electron chi connectivity index (χ2n) is 6.18. The molecule has 0 saturated heterocycles. The van der Waals surface area contributed by atoms with E-state index in [0.29, 0.717) is 12.2 Å². The van der Waals surface area contributed by atoms with Crippen LogP contribution < -0.4 is 5.32 Å². The maximum atomic E-state index is 12.3. The molecule has 1 atom stereocenters. The largest absolute Gasteiger partial charge is 0.390 e. The zero-order valence-corrected chi connectivity index (χ0v) is 13.2. The topological polar surface area (TPSA) is 90.1 Å². The van der Waals surface area contributed by atoms with E-state index in [0.717, 1.165) is 12.8 Å². The smallest absolute Gasteiger partial charge is 0.358 e. The Morgan fingerprint density at radius 1 is 1.45 bits per heavy atom. The molecule has 0 aliphatic heterocycles. The van der Waals surface area contributed by atoms with Crippen molar-refractivity contribution in [2.45, 2.75) is 65.0 Å². The average molecular weight is 308 g/mol. The van der Waals surface area contributed by atoms with Crippen LogP contribution in [0.5, 0.6) is 0 Å². The van der Waals surface area contributed by atoms with Crippen LogP contribution in [0.3, 0.4) is 0 Å². The second kappa shape index (κ2) is 7.38. The minimum absolute atomic E-state index is 0.00412. The zero-order valence-electron chi connectivity index (χ0n) is 13.2. The summed E-state index contributed by atoms with van der Waals surface area (Å²) in [5, 5.41) is 17.8. The van der Waals surface area contributed by atoms with Crippen LogP contribution in [0.4, 0.5) is 5.82 Å². The molecule has 7 nitrogen and oxygen atoms in total. The van der Waals surface area contributed by atoms with Crippen LogP contribution in [0.1, 0.15) is 51.1 Å². The first-order chi connectivity index (χ1) is 10.5. The van der Waals surface area contributed by atoms with Crippen molar-refractivity contribution in [1.29, 1.82) is 0 Å². The molecule has 0 bridgehead atoms. The SMILES string of the molecule is Cc1cc([N+](=O)[O-])nn1C[C@@H](C)C(=O)NC1CCCCCC1. The highest BCUT2D eigenvalue weighted by atomic mass is 16.6. The predicted octanol–water partition coefficient (Wildman–Crippen LogP) is 2.57. The summed E-state index contributed by atoms with van der Waals surface area (Å²) in [6, 6.07) is 1.70. The van der Waals surface area contributed by atoms with Gasteiger partial charge in [-0.25, -0.2) is 0 Å². The van der Waals surface area contributed by atoms with Gasteiger partial charge in [0.15, 0.2) is 0 Å². The lowest BCUT2D eigenvalue weighted by Crippen LogP contribution is -2.39. The third-order valence-corrected chi connectivity index (χ3v) is 4.25. The molecular formula is C15H24N4O3. The maximum Gasteiger partial charge on any atom is 0.390 e. The van der Waals surface area contributed by atoms with E-state index < -0.39 is 4.92 Å². The van der Waals surface area contributed by atoms with Crippen LogP contribution in [0, 0.1) is 23.0 Å². The third-order valence-electron chi connectivity index (χ3n) is 4.25. The van der Waals surface area contributed by atoms with E-state index in [1.807, 2.05) is 6.92 Å². The molecule has 0 aromatic carbocycles. The lowest BCUT2D eigenvalue weighted by Gasteiger charge is -2.19. The molecule has 7 heteroatoms. The summed E-state index contributed by atoms with van der Waals surface area (Å²) < 4.78 is 1.54. The highest BCUT2D eigenvalue weighted by Crippen LogP contribution is 2.18. The summed E-state index contributed by atoms with van der Waals surface area (Å²) in [6.07, 6.45) is 6.93. The molecule has 1 aliphatic rings. The standard InChI is InChI=1S/C15H24N4O3/c1-11(10-18-12(2)9-14(17-18)19(21)22)15(20)16-13-7-5-3-4-6-8-13/h9,11,13H,3-8,10H2,1-2H3,(H,16,20)/t11-/m1/s1. The van der Waals surface area contributed by atoms with Gasteiger partial charge < -0.3 is 15.4 Å². The summed E-state index contributed by atoms with van der Waals surface area (Å²) in [6.45, 7) is 3.95. The number of aromatic nitrogens is 2. The van der Waals surface area contributed by atoms with Crippen molar-refractivity contribution in [2.75, 3.05) is 0 Å². The zero-order chi connectivity index (χ0) is 16.1. The molecule has 1 aromatic heterocycles.